The summed E-state index contributed by atoms with van der Waals surface area (Å²) in [5, 5.41) is 4.08. The van der Waals surface area contributed by atoms with Gasteiger partial charge in [0.05, 0.1) is 0 Å². The summed E-state index contributed by atoms with van der Waals surface area (Å²) in [5.74, 6) is 0.0813. The predicted molar refractivity (Wildman–Crippen MR) is 102 cm³/mol. The van der Waals surface area contributed by atoms with Crippen LogP contribution in [-0.4, -0.2) is 30.0 Å². The standard InChI is InChI=1S/C21H28N2O3/c24-20(23-13-16-7-2-1-3-8-16)15-26-21(25)12-6-9-17-14-22-19-11-5-4-10-18(17)19/h4-5,10-11,14,16,22H,1-3,6-9,12-13,15H2,(H,23,24). The number of rotatable bonds is 8. The molecule has 0 aliphatic heterocycles. The minimum atomic E-state index is -0.308. The molecule has 0 unspecified atom stereocenters. The third-order valence-electron chi connectivity index (χ3n) is 5.18. The first-order chi connectivity index (χ1) is 12.7. The lowest BCUT2D eigenvalue weighted by Gasteiger charge is -2.21. The van der Waals surface area contributed by atoms with E-state index in [-0.39, 0.29) is 18.5 Å². The lowest BCUT2D eigenvalue weighted by atomic mass is 9.89. The van der Waals surface area contributed by atoms with E-state index in [4.69, 9.17) is 4.74 Å². The van der Waals surface area contributed by atoms with E-state index < -0.39 is 0 Å². The van der Waals surface area contributed by atoms with Crippen molar-refractivity contribution in [3.05, 3.63) is 36.0 Å². The summed E-state index contributed by atoms with van der Waals surface area (Å²) < 4.78 is 5.09. The van der Waals surface area contributed by atoms with Crippen molar-refractivity contribution in [1.82, 2.24) is 10.3 Å². The van der Waals surface area contributed by atoms with Crippen LogP contribution < -0.4 is 5.32 Å². The molecule has 1 fully saturated rings. The summed E-state index contributed by atoms with van der Waals surface area (Å²) in [6.07, 6.45) is 10.0. The molecule has 0 bridgehead atoms. The summed E-state index contributed by atoms with van der Waals surface area (Å²) in [4.78, 5) is 26.9. The average molecular weight is 356 g/mol. The third-order valence-corrected chi connectivity index (χ3v) is 5.18. The normalized spacial score (nSPS) is 15.1. The molecule has 1 aromatic carbocycles. The number of H-pyrrole nitrogens is 1. The number of para-hydroxylation sites is 1. The van der Waals surface area contributed by atoms with Crippen molar-refractivity contribution < 1.29 is 14.3 Å². The second-order valence-corrected chi connectivity index (χ2v) is 7.18. The number of amides is 1. The Kier molecular flexibility index (Phi) is 6.69. The quantitative estimate of drug-likeness (QED) is 0.708. The van der Waals surface area contributed by atoms with Gasteiger partial charge in [-0.2, -0.15) is 0 Å². The van der Waals surface area contributed by atoms with Gasteiger partial charge in [-0.15, -0.1) is 0 Å². The number of carbonyl (C=O) groups is 2. The average Bonchev–Trinajstić information content (AvgIpc) is 3.09. The van der Waals surface area contributed by atoms with Gasteiger partial charge in [-0.05, 0) is 43.2 Å². The number of ether oxygens (including phenoxy) is 1. The SMILES string of the molecule is O=C(COC(=O)CCCc1c[nH]c2ccccc12)NCC1CCCCC1. The van der Waals surface area contributed by atoms with Gasteiger partial charge in [0.25, 0.3) is 5.91 Å². The Morgan fingerprint density at radius 3 is 2.81 bits per heavy atom. The molecule has 1 amide bonds. The van der Waals surface area contributed by atoms with Gasteiger partial charge in [0, 0.05) is 30.1 Å². The predicted octanol–water partition coefficient (Wildman–Crippen LogP) is 3.73. The molecule has 1 saturated carbocycles. The fraction of sp³-hybridized carbons (Fsp3) is 0.524. The van der Waals surface area contributed by atoms with Crippen LogP contribution in [0, 0.1) is 5.92 Å². The Hall–Kier alpha value is -2.30. The molecule has 0 atom stereocenters. The molecule has 0 spiro atoms. The van der Waals surface area contributed by atoms with Crippen molar-refractivity contribution in [3.63, 3.8) is 0 Å². The fourth-order valence-electron chi connectivity index (χ4n) is 3.68. The van der Waals surface area contributed by atoms with E-state index in [1.165, 1.54) is 43.1 Å². The Balaban J connectivity index is 1.30. The van der Waals surface area contributed by atoms with E-state index in [0.717, 1.165) is 11.9 Å². The van der Waals surface area contributed by atoms with Crippen molar-refractivity contribution in [3.8, 4) is 0 Å². The first kappa shape index (κ1) is 18.5. The zero-order valence-corrected chi connectivity index (χ0v) is 15.3. The van der Waals surface area contributed by atoms with Crippen LogP contribution in [-0.2, 0) is 20.7 Å². The minimum Gasteiger partial charge on any atom is -0.456 e. The van der Waals surface area contributed by atoms with Crippen molar-refractivity contribution in [2.24, 2.45) is 5.92 Å². The molecule has 1 heterocycles. The van der Waals surface area contributed by atoms with Gasteiger partial charge in [-0.1, -0.05) is 37.5 Å². The molecule has 0 saturated heterocycles. The second kappa shape index (κ2) is 9.41. The number of hydrogen-bond acceptors (Lipinski definition) is 3. The highest BCUT2D eigenvalue weighted by Crippen LogP contribution is 2.22. The van der Waals surface area contributed by atoms with Crippen molar-refractivity contribution in [1.29, 1.82) is 0 Å². The molecule has 26 heavy (non-hydrogen) atoms. The number of nitrogens with one attached hydrogen (secondary N) is 2. The zero-order chi connectivity index (χ0) is 18.2. The molecule has 5 nitrogen and oxygen atoms in total. The van der Waals surface area contributed by atoms with Crippen molar-refractivity contribution >= 4 is 22.8 Å². The number of benzene rings is 1. The fourth-order valence-corrected chi connectivity index (χ4v) is 3.68. The summed E-state index contributed by atoms with van der Waals surface area (Å²) >= 11 is 0. The lowest BCUT2D eigenvalue weighted by Crippen LogP contribution is -2.33. The Morgan fingerprint density at radius 2 is 1.96 bits per heavy atom. The van der Waals surface area contributed by atoms with Gasteiger partial charge < -0.3 is 15.0 Å². The summed E-state index contributed by atoms with van der Waals surface area (Å²) in [7, 11) is 0. The van der Waals surface area contributed by atoms with Gasteiger partial charge in [-0.3, -0.25) is 9.59 Å². The highest BCUT2D eigenvalue weighted by molar-refractivity contribution is 5.83. The molecule has 0 radical (unpaired) electrons. The van der Waals surface area contributed by atoms with Crippen LogP contribution in [0.3, 0.4) is 0 Å². The van der Waals surface area contributed by atoms with Gasteiger partial charge >= 0.3 is 5.97 Å². The third kappa shape index (κ3) is 5.35. The summed E-state index contributed by atoms with van der Waals surface area (Å²) in [6, 6.07) is 8.13. The maximum absolute atomic E-state index is 11.8. The Morgan fingerprint density at radius 1 is 1.15 bits per heavy atom. The molecule has 1 aromatic heterocycles. The maximum Gasteiger partial charge on any atom is 0.306 e. The zero-order valence-electron chi connectivity index (χ0n) is 15.3. The highest BCUT2D eigenvalue weighted by Gasteiger charge is 2.15. The van der Waals surface area contributed by atoms with E-state index in [9.17, 15) is 9.59 Å². The Bertz CT molecular complexity index is 732. The first-order valence-electron chi connectivity index (χ1n) is 9.69. The lowest BCUT2D eigenvalue weighted by molar-refractivity contribution is -0.148. The molecule has 2 N–H and O–H groups in total. The number of aromatic nitrogens is 1. The van der Waals surface area contributed by atoms with Gasteiger partial charge in [0.1, 0.15) is 0 Å². The molecule has 140 valence electrons. The number of hydrogen-bond donors (Lipinski definition) is 2. The number of aryl methyl sites for hydroxylation is 1. The number of aromatic amines is 1. The second-order valence-electron chi connectivity index (χ2n) is 7.18. The Labute approximate surface area is 154 Å². The highest BCUT2D eigenvalue weighted by atomic mass is 16.5. The molecule has 1 aliphatic rings. The van der Waals surface area contributed by atoms with E-state index in [1.54, 1.807) is 0 Å². The molecule has 5 heteroatoms. The van der Waals surface area contributed by atoms with Crippen LogP contribution in [0.5, 0.6) is 0 Å². The molecular weight excluding hydrogens is 328 g/mol. The van der Waals surface area contributed by atoms with Gasteiger partial charge in [0.2, 0.25) is 0 Å². The van der Waals surface area contributed by atoms with Crippen molar-refractivity contribution in [2.75, 3.05) is 13.2 Å². The maximum atomic E-state index is 11.8. The van der Waals surface area contributed by atoms with E-state index in [1.807, 2.05) is 24.4 Å². The first-order valence-corrected chi connectivity index (χ1v) is 9.69. The topological polar surface area (TPSA) is 71.2 Å². The number of carbonyl (C=O) groups excluding carboxylic acids is 2. The summed E-state index contributed by atoms with van der Waals surface area (Å²) in [5.41, 5.74) is 2.32. The van der Waals surface area contributed by atoms with Gasteiger partial charge in [0.15, 0.2) is 6.61 Å². The molecule has 1 aliphatic carbocycles. The van der Waals surface area contributed by atoms with Crippen LogP contribution >= 0.6 is 0 Å². The van der Waals surface area contributed by atoms with E-state index in [2.05, 4.69) is 16.4 Å². The van der Waals surface area contributed by atoms with E-state index in [0.29, 0.717) is 25.3 Å². The van der Waals surface area contributed by atoms with Crippen LogP contribution in [0.2, 0.25) is 0 Å². The van der Waals surface area contributed by atoms with Crippen LogP contribution in [0.4, 0.5) is 0 Å². The molecule has 3 rings (SSSR count). The number of fused-ring (bicyclic) bond motifs is 1. The summed E-state index contributed by atoms with van der Waals surface area (Å²) in [6.45, 7) is 0.537. The number of esters is 1. The van der Waals surface area contributed by atoms with Gasteiger partial charge in [-0.25, -0.2) is 0 Å². The monoisotopic (exact) mass is 356 g/mol. The smallest absolute Gasteiger partial charge is 0.306 e. The minimum absolute atomic E-state index is 0.168. The van der Waals surface area contributed by atoms with Crippen LogP contribution in [0.15, 0.2) is 30.5 Å². The van der Waals surface area contributed by atoms with Crippen LogP contribution in [0.25, 0.3) is 10.9 Å². The largest absolute Gasteiger partial charge is 0.456 e. The van der Waals surface area contributed by atoms with Crippen LogP contribution in [0.1, 0.15) is 50.5 Å². The molecule has 2 aromatic rings. The molecular formula is C21H28N2O3. The van der Waals surface area contributed by atoms with Crippen molar-refractivity contribution in [2.45, 2.75) is 51.4 Å². The van der Waals surface area contributed by atoms with E-state index >= 15 is 0 Å².